The Morgan fingerprint density at radius 3 is 2.78 bits per heavy atom. The molecule has 0 aliphatic carbocycles. The molecule has 0 saturated carbocycles. The number of halogens is 1. The minimum absolute atomic E-state index is 0.196. The van der Waals surface area contributed by atoms with Crippen LogP contribution >= 0.6 is 11.6 Å². The summed E-state index contributed by atoms with van der Waals surface area (Å²) in [5.74, 6) is 0. The molecular formula is C12H20ClN3O2. The molecule has 1 aromatic heterocycles. The van der Waals surface area contributed by atoms with Crippen molar-refractivity contribution in [1.82, 2.24) is 9.78 Å². The fraction of sp³-hybridized carbons (Fsp3) is 0.667. The number of hydrogen-bond donors (Lipinski definition) is 2. The molecule has 0 aromatic carbocycles. The van der Waals surface area contributed by atoms with Gasteiger partial charge in [0.1, 0.15) is 5.02 Å². The summed E-state index contributed by atoms with van der Waals surface area (Å²) in [4.78, 5) is 11.7. The smallest absolute Gasteiger partial charge is 0.287 e. The molecule has 0 saturated heterocycles. The van der Waals surface area contributed by atoms with Gasteiger partial charge in [0.05, 0.1) is 11.9 Å². The van der Waals surface area contributed by atoms with E-state index in [0.29, 0.717) is 12.2 Å². The second kappa shape index (κ2) is 8.11. The van der Waals surface area contributed by atoms with E-state index in [-0.39, 0.29) is 17.2 Å². The molecule has 0 radical (unpaired) electrons. The molecule has 5 nitrogen and oxygen atoms in total. The van der Waals surface area contributed by atoms with Gasteiger partial charge in [0, 0.05) is 19.7 Å². The van der Waals surface area contributed by atoms with Crippen LogP contribution in [0, 0.1) is 0 Å². The molecule has 2 N–H and O–H groups in total. The molecule has 1 rings (SSSR count). The van der Waals surface area contributed by atoms with E-state index in [1.165, 1.54) is 4.68 Å². The third-order valence-electron chi connectivity index (χ3n) is 2.68. The standard InChI is InChI=1S/C12H20ClN3O2/c1-2-16-12(18)11(13)10(9-15-16)14-7-5-3-4-6-8-17/h9,14,17H,2-8H2,1H3. The van der Waals surface area contributed by atoms with E-state index in [2.05, 4.69) is 10.4 Å². The van der Waals surface area contributed by atoms with Gasteiger partial charge in [-0.15, -0.1) is 0 Å². The van der Waals surface area contributed by atoms with Gasteiger partial charge in [-0.3, -0.25) is 4.79 Å². The minimum atomic E-state index is -0.260. The van der Waals surface area contributed by atoms with Gasteiger partial charge in [-0.05, 0) is 19.8 Å². The second-order valence-corrected chi connectivity index (χ2v) is 4.44. The SMILES string of the molecule is CCn1ncc(NCCCCCCO)c(Cl)c1=O. The summed E-state index contributed by atoms with van der Waals surface area (Å²) in [5.41, 5.74) is 0.331. The Balaban J connectivity index is 2.43. The topological polar surface area (TPSA) is 67.2 Å². The molecule has 0 spiro atoms. The summed E-state index contributed by atoms with van der Waals surface area (Å²) >= 11 is 5.97. The predicted molar refractivity (Wildman–Crippen MR) is 73.2 cm³/mol. The van der Waals surface area contributed by atoms with Gasteiger partial charge in [-0.1, -0.05) is 24.4 Å². The number of aryl methyl sites for hydroxylation is 1. The number of nitrogens with zero attached hydrogens (tertiary/aromatic N) is 2. The molecule has 0 unspecified atom stereocenters. The first kappa shape index (κ1) is 15.0. The van der Waals surface area contributed by atoms with Crippen molar-refractivity contribution < 1.29 is 5.11 Å². The first-order valence-corrected chi connectivity index (χ1v) is 6.68. The number of aliphatic hydroxyl groups is 1. The molecular weight excluding hydrogens is 254 g/mol. The Labute approximate surface area is 112 Å². The molecule has 0 fully saturated rings. The average Bonchev–Trinajstić information content (AvgIpc) is 2.38. The van der Waals surface area contributed by atoms with Crippen LogP contribution in [0.3, 0.4) is 0 Å². The first-order valence-electron chi connectivity index (χ1n) is 6.31. The maximum Gasteiger partial charge on any atom is 0.287 e. The zero-order chi connectivity index (χ0) is 13.4. The maximum absolute atomic E-state index is 11.7. The Hall–Kier alpha value is -1.07. The Kier molecular flexibility index (Phi) is 6.75. The van der Waals surface area contributed by atoms with E-state index in [0.717, 1.165) is 32.2 Å². The van der Waals surface area contributed by atoms with Gasteiger partial charge in [0.2, 0.25) is 0 Å². The van der Waals surface area contributed by atoms with Crippen molar-refractivity contribution in [3.05, 3.63) is 21.6 Å². The van der Waals surface area contributed by atoms with Crippen LogP contribution in [0.1, 0.15) is 32.6 Å². The number of rotatable bonds is 8. The second-order valence-electron chi connectivity index (χ2n) is 4.06. The number of aromatic nitrogens is 2. The third kappa shape index (κ3) is 4.31. The lowest BCUT2D eigenvalue weighted by Gasteiger charge is -2.09. The van der Waals surface area contributed by atoms with E-state index >= 15 is 0 Å². The summed E-state index contributed by atoms with van der Waals surface area (Å²) in [7, 11) is 0. The molecule has 1 aromatic rings. The predicted octanol–water partition coefficient (Wildman–Crippen LogP) is 1.88. The van der Waals surface area contributed by atoms with Crippen molar-refractivity contribution in [2.45, 2.75) is 39.2 Å². The van der Waals surface area contributed by atoms with Crippen molar-refractivity contribution in [2.75, 3.05) is 18.5 Å². The fourth-order valence-electron chi connectivity index (χ4n) is 1.63. The van der Waals surface area contributed by atoms with E-state index in [9.17, 15) is 4.79 Å². The summed E-state index contributed by atoms with van der Waals surface area (Å²) in [6.07, 6.45) is 5.47. The van der Waals surface area contributed by atoms with Crippen molar-refractivity contribution >= 4 is 17.3 Å². The Morgan fingerprint density at radius 1 is 1.39 bits per heavy atom. The molecule has 0 bridgehead atoms. The first-order chi connectivity index (χ1) is 8.70. The summed E-state index contributed by atoms with van der Waals surface area (Å²) in [6.45, 7) is 3.36. The normalized spacial score (nSPS) is 10.6. The zero-order valence-electron chi connectivity index (χ0n) is 10.7. The highest BCUT2D eigenvalue weighted by molar-refractivity contribution is 6.32. The fourth-order valence-corrected chi connectivity index (χ4v) is 1.84. The highest BCUT2D eigenvalue weighted by atomic mass is 35.5. The lowest BCUT2D eigenvalue weighted by Crippen LogP contribution is -2.23. The molecule has 102 valence electrons. The van der Waals surface area contributed by atoms with E-state index in [1.54, 1.807) is 6.20 Å². The minimum Gasteiger partial charge on any atom is -0.396 e. The molecule has 0 aliphatic rings. The van der Waals surface area contributed by atoms with E-state index in [1.807, 2.05) is 6.92 Å². The van der Waals surface area contributed by atoms with Gasteiger partial charge in [-0.2, -0.15) is 5.10 Å². The number of aliphatic hydroxyl groups excluding tert-OH is 1. The monoisotopic (exact) mass is 273 g/mol. The van der Waals surface area contributed by atoms with Crippen LogP contribution in [0.4, 0.5) is 5.69 Å². The lowest BCUT2D eigenvalue weighted by molar-refractivity contribution is 0.283. The van der Waals surface area contributed by atoms with Gasteiger partial charge >= 0.3 is 0 Å². The van der Waals surface area contributed by atoms with Crippen LogP contribution in [-0.2, 0) is 6.54 Å². The quantitative estimate of drug-likeness (QED) is 0.710. The van der Waals surface area contributed by atoms with Crippen LogP contribution in [-0.4, -0.2) is 28.0 Å². The number of unbranched alkanes of at least 4 members (excludes halogenated alkanes) is 3. The van der Waals surface area contributed by atoms with Crippen LogP contribution in [0.2, 0.25) is 5.02 Å². The molecule has 18 heavy (non-hydrogen) atoms. The highest BCUT2D eigenvalue weighted by Gasteiger charge is 2.07. The van der Waals surface area contributed by atoms with E-state index in [4.69, 9.17) is 16.7 Å². The molecule has 0 amide bonds. The Morgan fingerprint density at radius 2 is 2.11 bits per heavy atom. The summed E-state index contributed by atoms with van der Waals surface area (Å²) < 4.78 is 1.33. The summed E-state index contributed by atoms with van der Waals surface area (Å²) in [5, 5.41) is 16.0. The molecule has 0 atom stereocenters. The van der Waals surface area contributed by atoms with Crippen molar-refractivity contribution in [3.8, 4) is 0 Å². The van der Waals surface area contributed by atoms with Gasteiger partial charge in [-0.25, -0.2) is 4.68 Å². The van der Waals surface area contributed by atoms with E-state index < -0.39 is 0 Å². The molecule has 6 heteroatoms. The Bertz CT molecular complexity index is 420. The molecule has 1 heterocycles. The van der Waals surface area contributed by atoms with Crippen LogP contribution in [0.5, 0.6) is 0 Å². The number of anilines is 1. The van der Waals surface area contributed by atoms with Crippen LogP contribution in [0.25, 0.3) is 0 Å². The van der Waals surface area contributed by atoms with Crippen LogP contribution in [0.15, 0.2) is 11.0 Å². The number of hydrogen-bond acceptors (Lipinski definition) is 4. The van der Waals surface area contributed by atoms with Gasteiger partial charge in [0.25, 0.3) is 5.56 Å². The van der Waals surface area contributed by atoms with Gasteiger partial charge < -0.3 is 10.4 Å². The summed E-state index contributed by atoms with van der Waals surface area (Å²) in [6, 6.07) is 0. The largest absolute Gasteiger partial charge is 0.396 e. The van der Waals surface area contributed by atoms with Crippen molar-refractivity contribution in [2.24, 2.45) is 0 Å². The maximum atomic E-state index is 11.7. The van der Waals surface area contributed by atoms with Crippen LogP contribution < -0.4 is 10.9 Å². The van der Waals surface area contributed by atoms with Crippen molar-refractivity contribution in [1.29, 1.82) is 0 Å². The highest BCUT2D eigenvalue weighted by Crippen LogP contribution is 2.15. The lowest BCUT2D eigenvalue weighted by atomic mass is 10.2. The average molecular weight is 274 g/mol. The number of nitrogens with one attached hydrogen (secondary N) is 1. The van der Waals surface area contributed by atoms with Gasteiger partial charge in [0.15, 0.2) is 0 Å². The van der Waals surface area contributed by atoms with Crippen molar-refractivity contribution in [3.63, 3.8) is 0 Å². The third-order valence-corrected chi connectivity index (χ3v) is 3.05. The molecule has 0 aliphatic heterocycles. The zero-order valence-corrected chi connectivity index (χ0v) is 11.4.